The zero-order chi connectivity index (χ0) is 24.2. The number of nitrogens with zero attached hydrogens (tertiary/aromatic N) is 5. The Morgan fingerprint density at radius 3 is 2.06 bits per heavy atom. The summed E-state index contributed by atoms with van der Waals surface area (Å²) in [6.45, 7) is 0. The molecule has 8 heteroatoms. The average Bonchev–Trinajstić information content (AvgIpc) is 3.36. The molecule has 0 saturated carbocycles. The molecule has 3 aromatic carbocycles. The van der Waals surface area contributed by atoms with Crippen molar-refractivity contribution in [1.29, 1.82) is 0 Å². The lowest BCUT2D eigenvalue weighted by Crippen LogP contribution is -2.04. The molecule has 6 aromatic rings. The van der Waals surface area contributed by atoms with E-state index in [2.05, 4.69) is 20.6 Å². The number of benzene rings is 3. The maximum absolute atomic E-state index is 5.91. The molecule has 0 bridgehead atoms. The predicted octanol–water partition coefficient (Wildman–Crippen LogP) is 6.49. The third-order valence-corrected chi connectivity index (χ3v) is 5.46. The quantitative estimate of drug-likeness (QED) is 0.275. The number of fused-ring (bicyclic) bond motifs is 1. The highest BCUT2D eigenvalue weighted by atomic mass is 16.5. The van der Waals surface area contributed by atoms with Gasteiger partial charge >= 0.3 is 0 Å². The molecular weight excluding hydrogens is 450 g/mol. The van der Waals surface area contributed by atoms with E-state index >= 15 is 0 Å². The molecule has 0 aliphatic carbocycles. The van der Waals surface area contributed by atoms with Crippen molar-refractivity contribution < 1.29 is 4.74 Å². The molecule has 0 radical (unpaired) electrons. The van der Waals surface area contributed by atoms with Crippen LogP contribution in [-0.4, -0.2) is 24.5 Å². The van der Waals surface area contributed by atoms with Gasteiger partial charge in [-0.15, -0.1) is 0 Å². The summed E-state index contributed by atoms with van der Waals surface area (Å²) in [6, 6.07) is 31.1. The molecule has 0 atom stereocenters. The van der Waals surface area contributed by atoms with Crippen LogP contribution in [-0.2, 0) is 0 Å². The predicted molar refractivity (Wildman–Crippen MR) is 140 cm³/mol. The molecule has 174 valence electrons. The molecular formula is C28H21N7O. The Balaban J connectivity index is 1.35. The molecule has 0 aliphatic heterocycles. The number of rotatable bonds is 7. The van der Waals surface area contributed by atoms with Crippen LogP contribution < -0.4 is 15.4 Å². The zero-order valence-corrected chi connectivity index (χ0v) is 19.1. The standard InChI is InChI=1S/C28H21N7O/c1-3-7-22(8-4-1)35-19-30-25-26(33-28(34-27(25)35)32-21-15-17-29-18-16-21)31-20-11-13-24(14-12-20)36-23-9-5-2-6-10-23/h1-19H,(H2,29,31,32,33,34). The fourth-order valence-electron chi connectivity index (χ4n) is 3.75. The van der Waals surface area contributed by atoms with E-state index in [1.807, 2.05) is 102 Å². The van der Waals surface area contributed by atoms with E-state index in [9.17, 15) is 0 Å². The summed E-state index contributed by atoms with van der Waals surface area (Å²) < 4.78 is 7.85. The van der Waals surface area contributed by atoms with Crippen LogP contribution in [0.5, 0.6) is 11.5 Å². The van der Waals surface area contributed by atoms with E-state index in [-0.39, 0.29) is 0 Å². The number of hydrogen-bond acceptors (Lipinski definition) is 7. The number of pyridine rings is 1. The molecule has 0 aliphatic rings. The Bertz CT molecular complexity index is 1590. The topological polar surface area (TPSA) is 89.8 Å². The van der Waals surface area contributed by atoms with Crippen molar-refractivity contribution in [3.63, 3.8) is 0 Å². The average molecular weight is 472 g/mol. The summed E-state index contributed by atoms with van der Waals surface area (Å²) in [7, 11) is 0. The van der Waals surface area contributed by atoms with Gasteiger partial charge in [0.2, 0.25) is 5.95 Å². The van der Waals surface area contributed by atoms with E-state index in [0.29, 0.717) is 22.9 Å². The molecule has 36 heavy (non-hydrogen) atoms. The number of para-hydroxylation sites is 2. The third-order valence-electron chi connectivity index (χ3n) is 5.46. The van der Waals surface area contributed by atoms with E-state index in [1.54, 1.807) is 18.7 Å². The molecule has 0 fully saturated rings. The third kappa shape index (κ3) is 4.55. The van der Waals surface area contributed by atoms with Gasteiger partial charge in [0.05, 0.1) is 0 Å². The molecule has 0 unspecified atom stereocenters. The molecule has 2 N–H and O–H groups in total. The number of nitrogens with one attached hydrogen (secondary N) is 2. The smallest absolute Gasteiger partial charge is 0.231 e. The number of aromatic nitrogens is 5. The first-order chi connectivity index (χ1) is 17.8. The summed E-state index contributed by atoms with van der Waals surface area (Å²) in [4.78, 5) is 18.2. The van der Waals surface area contributed by atoms with Gasteiger partial charge < -0.3 is 15.4 Å². The lowest BCUT2D eigenvalue weighted by atomic mass is 10.3. The van der Waals surface area contributed by atoms with Gasteiger partial charge in [-0.25, -0.2) is 4.98 Å². The molecule has 8 nitrogen and oxygen atoms in total. The molecule has 0 amide bonds. The van der Waals surface area contributed by atoms with Gasteiger partial charge in [0, 0.05) is 29.5 Å². The highest BCUT2D eigenvalue weighted by molar-refractivity contribution is 5.88. The van der Waals surface area contributed by atoms with Crippen LogP contribution in [0.2, 0.25) is 0 Å². The minimum atomic E-state index is 0.443. The lowest BCUT2D eigenvalue weighted by Gasteiger charge is -2.11. The maximum Gasteiger partial charge on any atom is 0.231 e. The van der Waals surface area contributed by atoms with Crippen molar-refractivity contribution in [3.8, 4) is 17.2 Å². The largest absolute Gasteiger partial charge is 0.457 e. The molecule has 0 spiro atoms. The van der Waals surface area contributed by atoms with Crippen molar-refractivity contribution >= 4 is 34.3 Å². The van der Waals surface area contributed by atoms with Crippen molar-refractivity contribution in [2.75, 3.05) is 10.6 Å². The minimum Gasteiger partial charge on any atom is -0.457 e. The molecule has 6 rings (SSSR count). The SMILES string of the molecule is c1ccc(Oc2ccc(Nc3nc(Nc4ccncc4)nc4c3ncn4-c3ccccc3)cc2)cc1. The Kier molecular flexibility index (Phi) is 5.65. The fourth-order valence-corrected chi connectivity index (χ4v) is 3.75. The van der Waals surface area contributed by atoms with Gasteiger partial charge in [-0.05, 0) is 60.7 Å². The van der Waals surface area contributed by atoms with Crippen LogP contribution in [0.15, 0.2) is 116 Å². The van der Waals surface area contributed by atoms with Crippen LogP contribution in [0.3, 0.4) is 0 Å². The van der Waals surface area contributed by atoms with Crippen molar-refractivity contribution in [2.24, 2.45) is 0 Å². The summed E-state index contributed by atoms with van der Waals surface area (Å²) in [6.07, 6.45) is 5.19. The molecule has 3 aromatic heterocycles. The fraction of sp³-hybridized carbons (Fsp3) is 0. The Morgan fingerprint density at radius 1 is 0.639 bits per heavy atom. The highest BCUT2D eigenvalue weighted by Crippen LogP contribution is 2.29. The first-order valence-corrected chi connectivity index (χ1v) is 11.4. The van der Waals surface area contributed by atoms with E-state index < -0.39 is 0 Å². The number of imidazole rings is 1. The molecule has 3 heterocycles. The zero-order valence-electron chi connectivity index (χ0n) is 19.1. The monoisotopic (exact) mass is 471 g/mol. The van der Waals surface area contributed by atoms with E-state index in [4.69, 9.17) is 14.7 Å². The highest BCUT2D eigenvalue weighted by Gasteiger charge is 2.15. The Morgan fingerprint density at radius 2 is 1.31 bits per heavy atom. The van der Waals surface area contributed by atoms with Crippen LogP contribution in [0.4, 0.5) is 23.1 Å². The second-order valence-electron chi connectivity index (χ2n) is 7.94. The first-order valence-electron chi connectivity index (χ1n) is 11.4. The lowest BCUT2D eigenvalue weighted by molar-refractivity contribution is 0.483. The summed E-state index contributed by atoms with van der Waals surface area (Å²) in [5.41, 5.74) is 3.98. The van der Waals surface area contributed by atoms with E-state index in [1.165, 1.54) is 0 Å². The number of anilines is 4. The van der Waals surface area contributed by atoms with Gasteiger partial charge in [-0.1, -0.05) is 36.4 Å². The van der Waals surface area contributed by atoms with Gasteiger partial charge in [0.15, 0.2) is 17.0 Å². The van der Waals surface area contributed by atoms with Gasteiger partial charge in [-0.2, -0.15) is 9.97 Å². The summed E-state index contributed by atoms with van der Waals surface area (Å²) >= 11 is 0. The van der Waals surface area contributed by atoms with E-state index in [0.717, 1.165) is 28.6 Å². The van der Waals surface area contributed by atoms with Crippen LogP contribution in [0, 0.1) is 0 Å². The van der Waals surface area contributed by atoms with Crippen molar-refractivity contribution in [3.05, 3.63) is 116 Å². The second-order valence-corrected chi connectivity index (χ2v) is 7.94. The minimum absolute atomic E-state index is 0.443. The first kappa shape index (κ1) is 21.3. The number of ether oxygens (including phenoxy) is 1. The van der Waals surface area contributed by atoms with Crippen molar-refractivity contribution in [1.82, 2.24) is 24.5 Å². The Labute approximate surface area is 207 Å². The van der Waals surface area contributed by atoms with Crippen molar-refractivity contribution in [2.45, 2.75) is 0 Å². The van der Waals surface area contributed by atoms with Crippen LogP contribution in [0.25, 0.3) is 16.9 Å². The van der Waals surface area contributed by atoms with Crippen LogP contribution in [0.1, 0.15) is 0 Å². The van der Waals surface area contributed by atoms with Gasteiger partial charge in [0.25, 0.3) is 0 Å². The summed E-state index contributed by atoms with van der Waals surface area (Å²) in [5, 5.41) is 6.66. The normalized spacial score (nSPS) is 10.8. The summed E-state index contributed by atoms with van der Waals surface area (Å²) in [5.74, 6) is 2.56. The van der Waals surface area contributed by atoms with Gasteiger partial charge in [-0.3, -0.25) is 9.55 Å². The maximum atomic E-state index is 5.91. The molecule has 0 saturated heterocycles. The second kappa shape index (κ2) is 9.55. The Hall–Kier alpha value is -5.24. The van der Waals surface area contributed by atoms with Gasteiger partial charge in [0.1, 0.15) is 17.8 Å². The number of hydrogen-bond donors (Lipinski definition) is 2. The van der Waals surface area contributed by atoms with Crippen LogP contribution >= 0.6 is 0 Å².